The third-order valence-corrected chi connectivity index (χ3v) is 8.57. The van der Waals surface area contributed by atoms with Gasteiger partial charge in [0.2, 0.25) is 0 Å². The summed E-state index contributed by atoms with van der Waals surface area (Å²) in [5, 5.41) is 116. The molecule has 7 unspecified atom stereocenters. The van der Waals surface area contributed by atoms with Crippen LogP contribution in [0.2, 0.25) is 0 Å². The zero-order valence-corrected chi connectivity index (χ0v) is 44.2. The van der Waals surface area contributed by atoms with E-state index in [1.165, 1.54) is 57.8 Å². The number of rotatable bonds is 22. The molecule has 7 atom stereocenters. The van der Waals surface area contributed by atoms with Crippen molar-refractivity contribution in [3.05, 3.63) is 0 Å². The molecule has 1 rings (SSSR count). The molecular weight excluding hydrogens is 925 g/mol. The van der Waals surface area contributed by atoms with Gasteiger partial charge in [-0.3, -0.25) is 4.55 Å². The van der Waals surface area contributed by atoms with Gasteiger partial charge in [-0.05, 0) is 43.9 Å². The number of hydrogen-bond donors (Lipinski definition) is 16. The molecule has 24 nitrogen and oxygen atoms in total. The Kier molecular flexibility index (Phi) is 67.2. The van der Waals surface area contributed by atoms with Gasteiger partial charge in [0.15, 0.2) is 12.2 Å². The molecular formula is C36H79Na2O24PS. The fourth-order valence-corrected chi connectivity index (χ4v) is 5.03. The number of phosphoric acid groups is 1. The molecule has 0 heterocycles. The molecule has 0 bridgehead atoms. The van der Waals surface area contributed by atoms with Crippen molar-refractivity contribution in [1.29, 1.82) is 0 Å². The normalized spacial score (nSPS) is 17.7. The Bertz CT molecular complexity index is 1120. The first-order valence-corrected chi connectivity index (χ1v) is 23.0. The van der Waals surface area contributed by atoms with Gasteiger partial charge in [0.1, 0.15) is 24.4 Å². The Labute approximate surface area is 422 Å². The molecule has 380 valence electrons. The van der Waals surface area contributed by atoms with E-state index in [4.69, 9.17) is 90.2 Å². The Morgan fingerprint density at radius 2 is 1.03 bits per heavy atom. The number of aliphatic hydroxyl groups is 12. The van der Waals surface area contributed by atoms with Crippen molar-refractivity contribution in [2.45, 2.75) is 161 Å². The number of carboxylic acid groups (broad SMARTS) is 2. The van der Waals surface area contributed by atoms with E-state index in [1.54, 1.807) is 6.92 Å². The van der Waals surface area contributed by atoms with E-state index >= 15 is 0 Å². The van der Waals surface area contributed by atoms with Gasteiger partial charge in [0, 0.05) is 6.61 Å². The molecule has 1 fully saturated rings. The van der Waals surface area contributed by atoms with Gasteiger partial charge < -0.3 is 90.7 Å². The second kappa shape index (κ2) is 52.8. The average molecular weight is 1010 g/mol. The van der Waals surface area contributed by atoms with E-state index in [0.717, 1.165) is 25.2 Å². The maximum Gasteiger partial charge on any atom is 1.00 e. The fraction of sp³-hybridized carbons (Fsp3) is 0.944. The molecule has 64 heavy (non-hydrogen) atoms. The van der Waals surface area contributed by atoms with E-state index in [9.17, 15) is 23.1 Å². The minimum absolute atomic E-state index is 0. The van der Waals surface area contributed by atoms with Crippen LogP contribution in [0.4, 0.5) is 0 Å². The van der Waals surface area contributed by atoms with Crippen LogP contribution in [0.15, 0.2) is 0 Å². The summed E-state index contributed by atoms with van der Waals surface area (Å²) in [6.07, 6.45) is 5.59. The van der Waals surface area contributed by atoms with Crippen LogP contribution in [0.3, 0.4) is 0 Å². The van der Waals surface area contributed by atoms with Crippen molar-refractivity contribution >= 4 is 30.2 Å². The number of aliphatic hydroxyl groups excluding tert-OH is 12. The van der Waals surface area contributed by atoms with Crippen LogP contribution < -0.4 is 68.9 Å². The molecule has 0 amide bonds. The van der Waals surface area contributed by atoms with Crippen molar-refractivity contribution in [1.82, 2.24) is 0 Å². The van der Waals surface area contributed by atoms with Gasteiger partial charge >= 0.3 is 81.5 Å². The number of unbranched alkanes of at least 4 members (excludes halogenated alkanes) is 9. The van der Waals surface area contributed by atoms with Gasteiger partial charge in [-0.15, -0.1) is 0 Å². The minimum atomic E-state index is -5.14. The predicted octanol–water partition coefficient (Wildman–Crippen LogP) is -8.76. The van der Waals surface area contributed by atoms with Gasteiger partial charge in [-0.1, -0.05) is 91.9 Å². The topological polar surface area (TPSA) is 464 Å². The monoisotopic (exact) mass is 1000 g/mol. The SMILES string of the molecule is CC1CCC(C(C)C)C(O)C1.CCCCCCCCCCCCOS(=O)(=O)O.CCO.O=C(O)C(O)C(O)C(=O)O.O=P([O-])([O-])O.OCC(O)C(O)C(O)CO.OCC(O)CO.[Na+].[Na+]. The van der Waals surface area contributed by atoms with Crippen molar-refractivity contribution in [2.24, 2.45) is 17.8 Å². The van der Waals surface area contributed by atoms with E-state index < -0.39 is 80.0 Å². The summed E-state index contributed by atoms with van der Waals surface area (Å²) in [4.78, 5) is 43.8. The van der Waals surface area contributed by atoms with Crippen LogP contribution in [0.1, 0.15) is 118 Å². The van der Waals surface area contributed by atoms with Crippen LogP contribution in [0.25, 0.3) is 0 Å². The fourth-order valence-electron chi connectivity index (χ4n) is 4.71. The van der Waals surface area contributed by atoms with E-state index in [1.807, 2.05) is 0 Å². The average Bonchev–Trinajstić information content (AvgIpc) is 3.18. The predicted molar refractivity (Wildman–Crippen MR) is 219 cm³/mol. The van der Waals surface area contributed by atoms with Crippen LogP contribution >= 0.6 is 7.82 Å². The van der Waals surface area contributed by atoms with Crippen molar-refractivity contribution < 1.29 is 177 Å². The Balaban J connectivity index is -0.0000000997. The maximum atomic E-state index is 10.2. The van der Waals surface area contributed by atoms with Gasteiger partial charge in [0.25, 0.3) is 0 Å². The van der Waals surface area contributed by atoms with Crippen molar-refractivity contribution in [3.63, 3.8) is 0 Å². The summed E-state index contributed by atoms with van der Waals surface area (Å²) in [7, 11) is -9.37. The summed E-state index contributed by atoms with van der Waals surface area (Å²) in [5.74, 6) is -1.59. The Morgan fingerprint density at radius 3 is 1.27 bits per heavy atom. The quantitative estimate of drug-likeness (QED) is 0.0207. The van der Waals surface area contributed by atoms with Crippen molar-refractivity contribution in [3.8, 4) is 0 Å². The second-order valence-electron chi connectivity index (χ2n) is 14.2. The van der Waals surface area contributed by atoms with Crippen LogP contribution in [-0.2, 0) is 28.7 Å². The van der Waals surface area contributed by atoms with Crippen molar-refractivity contribution in [2.75, 3.05) is 39.6 Å². The zero-order valence-electron chi connectivity index (χ0n) is 38.5. The molecule has 1 aliphatic rings. The third-order valence-electron chi connectivity index (χ3n) is 8.11. The molecule has 1 saturated carbocycles. The molecule has 0 saturated heterocycles. The summed E-state index contributed by atoms with van der Waals surface area (Å²) < 4.78 is 41.6. The summed E-state index contributed by atoms with van der Waals surface area (Å²) in [6, 6.07) is 0. The van der Waals surface area contributed by atoms with E-state index in [-0.39, 0.29) is 91.6 Å². The molecule has 0 radical (unpaired) electrons. The number of carbonyl (C=O) groups is 2. The van der Waals surface area contributed by atoms with E-state index in [0.29, 0.717) is 18.3 Å². The first kappa shape index (κ1) is 81.4. The standard InChI is InChI=1S/C12H26O4S.C10H20O.C5H12O5.C4H6O6.C3H8O3.C2H6O.2Na.H3O4P/c1-2-3-4-5-6-7-8-9-10-11-12-16-17(13,14)15;1-7(2)9-5-4-8(3)6-10(9)11;6-1-3(8)5(10)4(9)2-7;5-1(3(7)8)2(6)4(9)10;4-1-3(6)2-5;1-2-3;;;1-5(2,3)4/h2-12H2,1H3,(H,13,14,15);7-11H,4-6H2,1-3H3;3-10H,1-2H2;1-2,5-6H,(H,7,8)(H,9,10);3-6H,1-2H2;3H,2H2,1H3;;;(H3,1,2,3,4)/q;;;;;;2*+1;/p-2. The number of hydrogen-bond acceptors (Lipinski definition) is 20. The van der Waals surface area contributed by atoms with Gasteiger partial charge in [-0.2, -0.15) is 8.42 Å². The third kappa shape index (κ3) is 66.7. The summed E-state index contributed by atoms with van der Waals surface area (Å²) in [5.41, 5.74) is 0. The Hall–Kier alpha value is 0.440. The summed E-state index contributed by atoms with van der Waals surface area (Å²) in [6.45, 7) is 8.89. The van der Waals surface area contributed by atoms with Gasteiger partial charge in [0.05, 0.1) is 47.0 Å². The van der Waals surface area contributed by atoms with Crippen LogP contribution in [-0.4, -0.2) is 184 Å². The second-order valence-corrected chi connectivity index (χ2v) is 16.2. The van der Waals surface area contributed by atoms with Crippen LogP contribution in [0, 0.1) is 17.8 Å². The zero-order chi connectivity index (χ0) is 50.1. The number of carboxylic acids is 2. The molecule has 0 aromatic heterocycles. The summed E-state index contributed by atoms with van der Waals surface area (Å²) >= 11 is 0. The molecule has 28 heteroatoms. The maximum absolute atomic E-state index is 10.2. The first-order chi connectivity index (χ1) is 28.5. The van der Waals surface area contributed by atoms with E-state index in [2.05, 4.69) is 31.9 Å². The molecule has 1 aliphatic carbocycles. The smallest absolute Gasteiger partial charge is 0.790 e. The molecule has 0 aromatic carbocycles. The minimum Gasteiger partial charge on any atom is -0.790 e. The van der Waals surface area contributed by atoms with Crippen LogP contribution in [0.5, 0.6) is 0 Å². The first-order valence-electron chi connectivity index (χ1n) is 20.1. The largest absolute Gasteiger partial charge is 1.00 e. The molecule has 0 aliphatic heterocycles. The Morgan fingerprint density at radius 1 is 0.703 bits per heavy atom. The molecule has 16 N–H and O–H groups in total. The molecule has 0 aromatic rings. The van der Waals surface area contributed by atoms with Gasteiger partial charge in [-0.25, -0.2) is 13.8 Å². The molecule has 0 spiro atoms. The number of aliphatic carboxylic acids is 2.